The third kappa shape index (κ3) is 4.22. The summed E-state index contributed by atoms with van der Waals surface area (Å²) in [5, 5.41) is -0.00442. The van der Waals surface area contributed by atoms with E-state index >= 15 is 0 Å². The van der Waals surface area contributed by atoms with Crippen LogP contribution in [-0.4, -0.2) is 35.4 Å². The Labute approximate surface area is 180 Å². The van der Waals surface area contributed by atoms with Crippen LogP contribution in [-0.2, 0) is 16.1 Å². The van der Waals surface area contributed by atoms with E-state index in [1.165, 1.54) is 0 Å². The molecule has 30 heavy (non-hydrogen) atoms. The van der Waals surface area contributed by atoms with Gasteiger partial charge in [0.25, 0.3) is 17.1 Å². The molecule has 2 aliphatic heterocycles. The topological polar surface area (TPSA) is 108 Å². The van der Waals surface area contributed by atoms with E-state index in [2.05, 4.69) is 0 Å². The molecular weight excluding hydrogens is 432 g/mol. The van der Waals surface area contributed by atoms with Gasteiger partial charge in [-0.05, 0) is 47.2 Å². The Bertz CT molecular complexity index is 1070. The third-order valence-electron chi connectivity index (χ3n) is 4.30. The monoisotopic (exact) mass is 446 g/mol. The molecule has 4 rings (SSSR count). The number of nitrogens with two attached hydrogens (primary N) is 1. The first kappa shape index (κ1) is 20.1. The molecule has 0 saturated carbocycles. The summed E-state index contributed by atoms with van der Waals surface area (Å²) in [5.74, 6) is 0.538. The molecule has 0 bridgehead atoms. The number of carbonyl (C=O) groups is 3. The van der Waals surface area contributed by atoms with Crippen LogP contribution in [0.4, 0.5) is 4.79 Å². The van der Waals surface area contributed by atoms with Crippen molar-refractivity contribution in [2.75, 3.05) is 13.4 Å². The van der Waals surface area contributed by atoms with Crippen molar-refractivity contribution in [2.24, 2.45) is 5.73 Å². The van der Waals surface area contributed by atoms with Crippen LogP contribution in [0.1, 0.15) is 11.1 Å². The molecule has 8 nitrogen and oxygen atoms in total. The summed E-state index contributed by atoms with van der Waals surface area (Å²) in [6.07, 6.45) is 1.62. The van der Waals surface area contributed by atoms with E-state index in [0.717, 1.165) is 16.7 Å². The lowest BCUT2D eigenvalue weighted by molar-refractivity contribution is -0.123. The molecule has 0 aromatic heterocycles. The van der Waals surface area contributed by atoms with Crippen LogP contribution in [0.3, 0.4) is 0 Å². The number of fused-ring (bicyclic) bond motifs is 1. The normalized spacial score (nSPS) is 16.4. The molecule has 2 N–H and O–H groups in total. The predicted octanol–water partition coefficient (Wildman–Crippen LogP) is 3.17. The van der Waals surface area contributed by atoms with Crippen LogP contribution in [0.25, 0.3) is 6.08 Å². The summed E-state index contributed by atoms with van der Waals surface area (Å²) in [5.41, 5.74) is 6.33. The highest BCUT2D eigenvalue weighted by molar-refractivity contribution is 8.18. The van der Waals surface area contributed by atoms with Gasteiger partial charge in [-0.25, -0.2) is 0 Å². The second kappa shape index (κ2) is 8.29. The van der Waals surface area contributed by atoms with Gasteiger partial charge in [-0.2, -0.15) is 0 Å². The molecule has 2 heterocycles. The van der Waals surface area contributed by atoms with Gasteiger partial charge in [0.05, 0.1) is 11.4 Å². The van der Waals surface area contributed by atoms with Gasteiger partial charge in [-0.3, -0.25) is 19.3 Å². The molecule has 1 saturated heterocycles. The Kier molecular flexibility index (Phi) is 5.56. The van der Waals surface area contributed by atoms with Crippen molar-refractivity contribution in [3.05, 3.63) is 57.5 Å². The van der Waals surface area contributed by atoms with Crippen molar-refractivity contribution in [2.45, 2.75) is 6.54 Å². The molecule has 0 atom stereocenters. The number of thioether (sulfide) groups is 1. The molecule has 1 fully saturated rings. The van der Waals surface area contributed by atoms with Crippen molar-refractivity contribution in [1.82, 2.24) is 4.90 Å². The molecule has 10 heteroatoms. The van der Waals surface area contributed by atoms with Crippen LogP contribution in [0, 0.1) is 0 Å². The number of halogens is 1. The van der Waals surface area contributed by atoms with Crippen LogP contribution in [0.5, 0.6) is 17.2 Å². The minimum atomic E-state index is -0.574. The minimum Gasteiger partial charge on any atom is -0.484 e. The van der Waals surface area contributed by atoms with Gasteiger partial charge in [-0.1, -0.05) is 23.7 Å². The molecule has 3 amide bonds. The Morgan fingerprint density at radius 1 is 1.20 bits per heavy atom. The second-order valence-corrected chi connectivity index (χ2v) is 7.79. The fourth-order valence-corrected chi connectivity index (χ4v) is 3.90. The first-order valence-corrected chi connectivity index (χ1v) is 9.95. The summed E-state index contributed by atoms with van der Waals surface area (Å²) in [6.45, 7) is -0.0934. The molecule has 0 radical (unpaired) electrons. The summed E-state index contributed by atoms with van der Waals surface area (Å²) in [4.78, 5) is 37.3. The van der Waals surface area contributed by atoms with Gasteiger partial charge in [0.1, 0.15) is 5.75 Å². The highest BCUT2D eigenvalue weighted by Crippen LogP contribution is 2.39. The van der Waals surface area contributed by atoms with E-state index in [1.807, 2.05) is 0 Å². The number of hydrogen-bond acceptors (Lipinski definition) is 7. The molecular formula is C20H15ClN2O6S. The van der Waals surface area contributed by atoms with Gasteiger partial charge >= 0.3 is 0 Å². The number of benzene rings is 2. The maximum Gasteiger partial charge on any atom is 0.293 e. The maximum atomic E-state index is 12.8. The Morgan fingerprint density at radius 2 is 1.90 bits per heavy atom. The SMILES string of the molecule is NC(=O)COc1ccc(/C=C2\SC(=O)N(Cc3cc4c(cc3Cl)OCO4)C2=O)cc1. The molecule has 0 aliphatic carbocycles. The van der Waals surface area contributed by atoms with E-state index in [-0.39, 0.29) is 25.2 Å². The van der Waals surface area contributed by atoms with Crippen LogP contribution in [0.2, 0.25) is 5.02 Å². The number of nitrogens with zero attached hydrogens (tertiary/aromatic N) is 1. The van der Waals surface area contributed by atoms with E-state index in [9.17, 15) is 14.4 Å². The number of rotatable bonds is 6. The van der Waals surface area contributed by atoms with Crippen LogP contribution >= 0.6 is 23.4 Å². The molecule has 2 aliphatic rings. The summed E-state index contributed by atoms with van der Waals surface area (Å²) in [7, 11) is 0. The van der Waals surface area contributed by atoms with E-state index in [4.69, 9.17) is 31.5 Å². The maximum absolute atomic E-state index is 12.8. The number of amides is 3. The number of primary amides is 1. The van der Waals surface area contributed by atoms with Crippen LogP contribution in [0.15, 0.2) is 41.3 Å². The van der Waals surface area contributed by atoms with E-state index in [1.54, 1.807) is 42.5 Å². The fraction of sp³-hybridized carbons (Fsp3) is 0.150. The van der Waals surface area contributed by atoms with Gasteiger partial charge in [-0.15, -0.1) is 0 Å². The number of ether oxygens (including phenoxy) is 3. The second-order valence-electron chi connectivity index (χ2n) is 6.39. The zero-order chi connectivity index (χ0) is 21.3. The first-order chi connectivity index (χ1) is 14.4. The Balaban J connectivity index is 1.48. The summed E-state index contributed by atoms with van der Waals surface area (Å²) < 4.78 is 15.8. The molecule has 154 valence electrons. The van der Waals surface area contributed by atoms with Crippen molar-refractivity contribution < 1.29 is 28.6 Å². The smallest absolute Gasteiger partial charge is 0.293 e. The molecule has 0 spiro atoms. The van der Waals surface area contributed by atoms with Crippen molar-refractivity contribution in [3.8, 4) is 17.2 Å². The predicted molar refractivity (Wildman–Crippen MR) is 110 cm³/mol. The summed E-state index contributed by atoms with van der Waals surface area (Å²) in [6, 6.07) is 9.98. The van der Waals surface area contributed by atoms with Gasteiger partial charge < -0.3 is 19.9 Å². The Morgan fingerprint density at radius 3 is 2.60 bits per heavy atom. The highest BCUT2D eigenvalue weighted by Gasteiger charge is 2.35. The Hall–Kier alpha value is -3.17. The molecule has 2 aromatic carbocycles. The zero-order valence-electron chi connectivity index (χ0n) is 15.4. The zero-order valence-corrected chi connectivity index (χ0v) is 17.0. The summed E-state index contributed by atoms with van der Waals surface area (Å²) >= 11 is 7.11. The first-order valence-electron chi connectivity index (χ1n) is 8.75. The minimum absolute atomic E-state index is 0.0252. The van der Waals surface area contributed by atoms with Crippen molar-refractivity contribution >= 4 is 46.5 Å². The van der Waals surface area contributed by atoms with Crippen LogP contribution < -0.4 is 19.9 Å². The lowest BCUT2D eigenvalue weighted by Gasteiger charge is -2.14. The van der Waals surface area contributed by atoms with Gasteiger partial charge in [0.15, 0.2) is 18.1 Å². The van der Waals surface area contributed by atoms with Crippen molar-refractivity contribution in [1.29, 1.82) is 0 Å². The molecule has 0 unspecified atom stereocenters. The third-order valence-corrected chi connectivity index (χ3v) is 5.56. The number of carbonyl (C=O) groups excluding carboxylic acids is 3. The molecule has 2 aromatic rings. The lowest BCUT2D eigenvalue weighted by Crippen LogP contribution is -2.27. The quantitative estimate of drug-likeness (QED) is 0.679. The average molecular weight is 447 g/mol. The van der Waals surface area contributed by atoms with Crippen molar-refractivity contribution in [3.63, 3.8) is 0 Å². The number of imide groups is 1. The van der Waals surface area contributed by atoms with E-state index in [0.29, 0.717) is 38.3 Å². The highest BCUT2D eigenvalue weighted by atomic mass is 35.5. The van der Waals surface area contributed by atoms with Gasteiger partial charge in [0, 0.05) is 11.1 Å². The number of hydrogen-bond donors (Lipinski definition) is 1. The standard InChI is InChI=1S/C20H15ClN2O6S/c21-14-7-16-15(28-10-29-16)6-12(14)8-23-19(25)17(30-20(23)26)5-11-1-3-13(4-2-11)27-9-18(22)24/h1-7H,8-10H2,(H2,22,24)/b17-5-. The fourth-order valence-electron chi connectivity index (χ4n) is 2.85. The van der Waals surface area contributed by atoms with E-state index < -0.39 is 11.8 Å². The van der Waals surface area contributed by atoms with Gasteiger partial charge in [0.2, 0.25) is 6.79 Å². The lowest BCUT2D eigenvalue weighted by atomic mass is 10.1. The largest absolute Gasteiger partial charge is 0.484 e. The average Bonchev–Trinajstić information content (AvgIpc) is 3.26.